The smallest absolute Gasteiger partial charge is 0.339 e. The van der Waals surface area contributed by atoms with Crippen molar-refractivity contribution in [2.75, 3.05) is 6.61 Å². The molecule has 0 saturated carbocycles. The molecule has 1 heterocycles. The largest absolute Gasteiger partial charge is 0.493 e. The molecule has 2 aromatic rings. The summed E-state index contributed by atoms with van der Waals surface area (Å²) >= 11 is 0. The average molecular weight is 248 g/mol. The van der Waals surface area contributed by atoms with Gasteiger partial charge in [0.1, 0.15) is 17.7 Å². The average Bonchev–Trinajstić information content (AvgIpc) is 2.36. The van der Waals surface area contributed by atoms with Crippen LogP contribution in [0.4, 0.5) is 5.69 Å². The normalized spacial score (nSPS) is 11.0. The summed E-state index contributed by atoms with van der Waals surface area (Å²) in [5.41, 5.74) is 2.25. The maximum absolute atomic E-state index is 11.4. The summed E-state index contributed by atoms with van der Waals surface area (Å²) in [6, 6.07) is 6.36. The fraction of sp³-hybridized carbons (Fsp3) is 0.167. The Kier molecular flexibility index (Phi) is 3.59. The van der Waals surface area contributed by atoms with Crippen molar-refractivity contribution in [3.63, 3.8) is 0 Å². The van der Waals surface area contributed by atoms with Crippen LogP contribution in [-0.4, -0.2) is 18.2 Å². The van der Waals surface area contributed by atoms with Crippen molar-refractivity contribution in [3.05, 3.63) is 34.7 Å². The van der Waals surface area contributed by atoms with Crippen LogP contribution in [0.3, 0.4) is 0 Å². The molecular formula is C12H12N2O4. The Balaban J connectivity index is 2.56. The van der Waals surface area contributed by atoms with Crippen LogP contribution in [0.25, 0.3) is 11.0 Å². The summed E-state index contributed by atoms with van der Waals surface area (Å²) in [6.45, 7) is 2.30. The standard InChI is InChI=1S/C12H12N2O4/c1-2-17-10-6-12(15)18-11-5-8(13-7-14-16)3-4-9(10)11/h3-7,16H,2H2,1H3,(H,13,14). The zero-order chi connectivity index (χ0) is 13.0. The number of hydrogen-bond acceptors (Lipinski definition) is 5. The lowest BCUT2D eigenvalue weighted by Gasteiger charge is -2.06. The molecule has 94 valence electrons. The van der Waals surface area contributed by atoms with E-state index in [4.69, 9.17) is 14.4 Å². The summed E-state index contributed by atoms with van der Waals surface area (Å²) in [5, 5.41) is 9.11. The molecule has 0 aliphatic rings. The van der Waals surface area contributed by atoms with Gasteiger partial charge in [0.05, 0.1) is 23.7 Å². The number of fused-ring (bicyclic) bond motifs is 1. The third-order valence-corrected chi connectivity index (χ3v) is 2.26. The summed E-state index contributed by atoms with van der Waals surface area (Å²) < 4.78 is 10.4. The minimum absolute atomic E-state index is 0.388. The molecule has 0 radical (unpaired) electrons. The Morgan fingerprint density at radius 1 is 1.50 bits per heavy atom. The van der Waals surface area contributed by atoms with Crippen LogP contribution in [-0.2, 0) is 0 Å². The number of nitrogens with one attached hydrogen (secondary N) is 1. The molecule has 6 heteroatoms. The number of nitrogens with zero attached hydrogens (tertiary/aromatic N) is 1. The minimum Gasteiger partial charge on any atom is -0.493 e. The maximum atomic E-state index is 11.4. The van der Waals surface area contributed by atoms with E-state index in [1.807, 2.05) is 6.92 Å². The minimum atomic E-state index is -0.479. The molecule has 0 spiro atoms. The molecule has 1 aromatic heterocycles. The van der Waals surface area contributed by atoms with E-state index in [1.165, 1.54) is 6.07 Å². The van der Waals surface area contributed by atoms with Gasteiger partial charge < -0.3 is 9.15 Å². The molecule has 0 amide bonds. The Labute approximate surface area is 102 Å². The van der Waals surface area contributed by atoms with Crippen LogP contribution in [0.2, 0.25) is 0 Å². The van der Waals surface area contributed by atoms with Crippen molar-refractivity contribution in [3.8, 4) is 5.75 Å². The fourth-order valence-corrected chi connectivity index (χ4v) is 1.58. The molecule has 0 bridgehead atoms. The molecule has 2 rings (SSSR count). The topological polar surface area (TPSA) is 84.1 Å². The third kappa shape index (κ3) is 2.49. The summed E-state index contributed by atoms with van der Waals surface area (Å²) in [4.78, 5) is 15.3. The molecule has 0 aliphatic heterocycles. The molecule has 0 unspecified atom stereocenters. The molecule has 2 N–H and O–H groups in total. The Bertz CT molecular complexity index is 634. The summed E-state index contributed by atoms with van der Waals surface area (Å²) in [7, 11) is 0. The highest BCUT2D eigenvalue weighted by Gasteiger charge is 2.06. The van der Waals surface area contributed by atoms with E-state index in [9.17, 15) is 4.79 Å². The first kappa shape index (κ1) is 12.1. The van der Waals surface area contributed by atoms with Gasteiger partial charge in [-0.15, -0.1) is 0 Å². The molecule has 18 heavy (non-hydrogen) atoms. The van der Waals surface area contributed by atoms with Crippen LogP contribution >= 0.6 is 0 Å². The summed E-state index contributed by atoms with van der Waals surface area (Å²) in [5.74, 6) is 0.486. The zero-order valence-corrected chi connectivity index (χ0v) is 9.71. The number of benzene rings is 1. The van der Waals surface area contributed by atoms with Crippen molar-refractivity contribution in [1.29, 1.82) is 0 Å². The predicted octanol–water partition coefficient (Wildman–Crippen LogP) is 1.83. The van der Waals surface area contributed by atoms with Crippen LogP contribution < -0.4 is 15.8 Å². The van der Waals surface area contributed by atoms with Gasteiger partial charge in [0, 0.05) is 6.07 Å². The highest BCUT2D eigenvalue weighted by Crippen LogP contribution is 2.27. The first-order valence-corrected chi connectivity index (χ1v) is 5.37. The van der Waals surface area contributed by atoms with E-state index in [0.717, 1.165) is 6.34 Å². The lowest BCUT2D eigenvalue weighted by molar-refractivity contribution is 0.240. The van der Waals surface area contributed by atoms with Gasteiger partial charge in [0.2, 0.25) is 0 Å². The molecule has 0 fully saturated rings. The molecule has 0 atom stereocenters. The maximum Gasteiger partial charge on any atom is 0.339 e. The second-order valence-corrected chi connectivity index (χ2v) is 3.43. The molecule has 1 aromatic carbocycles. The predicted molar refractivity (Wildman–Crippen MR) is 66.7 cm³/mol. The second kappa shape index (κ2) is 5.33. The van der Waals surface area contributed by atoms with Gasteiger partial charge in [-0.2, -0.15) is 0 Å². The first-order valence-electron chi connectivity index (χ1n) is 5.37. The molecule has 0 aliphatic carbocycles. The van der Waals surface area contributed by atoms with Crippen LogP contribution in [0.1, 0.15) is 6.92 Å². The lowest BCUT2D eigenvalue weighted by Crippen LogP contribution is -2.01. The number of ether oxygens (including phenoxy) is 1. The number of hydroxylamine groups is 1. The van der Waals surface area contributed by atoms with Crippen molar-refractivity contribution in [2.24, 2.45) is 4.99 Å². The van der Waals surface area contributed by atoms with Crippen LogP contribution in [0.5, 0.6) is 5.75 Å². The first-order chi connectivity index (χ1) is 8.74. The molecule has 6 nitrogen and oxygen atoms in total. The summed E-state index contributed by atoms with van der Waals surface area (Å²) in [6.07, 6.45) is 1.12. The van der Waals surface area contributed by atoms with Crippen molar-refractivity contribution >= 4 is 23.0 Å². The van der Waals surface area contributed by atoms with Crippen molar-refractivity contribution in [2.45, 2.75) is 6.92 Å². The van der Waals surface area contributed by atoms with Gasteiger partial charge in [-0.1, -0.05) is 0 Å². The monoisotopic (exact) mass is 248 g/mol. The van der Waals surface area contributed by atoms with E-state index in [0.29, 0.717) is 29.0 Å². The SMILES string of the molecule is CCOc1cc(=O)oc2cc(N=CNO)ccc12. The van der Waals surface area contributed by atoms with E-state index in [2.05, 4.69) is 4.99 Å². The highest BCUT2D eigenvalue weighted by molar-refractivity contribution is 5.85. The van der Waals surface area contributed by atoms with E-state index in [-0.39, 0.29) is 0 Å². The number of aliphatic imine (C=N–C) groups is 1. The van der Waals surface area contributed by atoms with E-state index in [1.54, 1.807) is 23.7 Å². The number of hydrogen-bond donors (Lipinski definition) is 2. The van der Waals surface area contributed by atoms with Gasteiger partial charge in [-0.25, -0.2) is 9.79 Å². The van der Waals surface area contributed by atoms with E-state index >= 15 is 0 Å². The Hall–Kier alpha value is -2.34. The molecule has 0 saturated heterocycles. The van der Waals surface area contributed by atoms with Crippen molar-refractivity contribution < 1.29 is 14.4 Å². The fourth-order valence-electron chi connectivity index (χ4n) is 1.58. The molecular weight excluding hydrogens is 236 g/mol. The van der Waals surface area contributed by atoms with Gasteiger partial charge in [0.25, 0.3) is 0 Å². The second-order valence-electron chi connectivity index (χ2n) is 3.43. The van der Waals surface area contributed by atoms with Gasteiger partial charge in [-0.3, -0.25) is 10.7 Å². The lowest BCUT2D eigenvalue weighted by atomic mass is 10.2. The Morgan fingerprint density at radius 3 is 3.06 bits per heavy atom. The zero-order valence-electron chi connectivity index (χ0n) is 9.71. The van der Waals surface area contributed by atoms with Crippen molar-refractivity contribution in [1.82, 2.24) is 5.48 Å². The van der Waals surface area contributed by atoms with Gasteiger partial charge >= 0.3 is 5.63 Å². The van der Waals surface area contributed by atoms with Gasteiger partial charge in [-0.05, 0) is 19.1 Å². The third-order valence-electron chi connectivity index (χ3n) is 2.26. The Morgan fingerprint density at radius 2 is 2.33 bits per heavy atom. The van der Waals surface area contributed by atoms with Crippen LogP contribution in [0.15, 0.2) is 38.5 Å². The van der Waals surface area contributed by atoms with E-state index < -0.39 is 5.63 Å². The number of rotatable bonds is 4. The quantitative estimate of drug-likeness (QED) is 0.373. The highest BCUT2D eigenvalue weighted by atomic mass is 16.5. The van der Waals surface area contributed by atoms with Crippen LogP contribution in [0, 0.1) is 0 Å². The van der Waals surface area contributed by atoms with Gasteiger partial charge in [0.15, 0.2) is 0 Å².